The lowest BCUT2D eigenvalue weighted by Gasteiger charge is -2.20. The Bertz CT molecular complexity index is 966. The van der Waals surface area contributed by atoms with E-state index in [1.165, 1.54) is 16.4 Å². The third-order valence-electron chi connectivity index (χ3n) is 4.71. The fourth-order valence-corrected chi connectivity index (χ4v) is 5.72. The highest BCUT2D eigenvalue weighted by molar-refractivity contribution is 7.89. The molecule has 1 aliphatic heterocycles. The van der Waals surface area contributed by atoms with Crippen molar-refractivity contribution < 1.29 is 13.3 Å². The van der Waals surface area contributed by atoms with E-state index in [-0.39, 0.29) is 16.6 Å². The van der Waals surface area contributed by atoms with Crippen LogP contribution in [-0.4, -0.2) is 35.7 Å². The van der Waals surface area contributed by atoms with Crippen LogP contribution in [0.5, 0.6) is 0 Å². The van der Waals surface area contributed by atoms with Crippen molar-refractivity contribution in [1.82, 2.24) is 9.29 Å². The highest BCUT2D eigenvalue weighted by atomic mass is 32.2. The molecule has 28 heavy (non-hydrogen) atoms. The third-order valence-corrected chi connectivity index (χ3v) is 7.81. The van der Waals surface area contributed by atoms with Crippen molar-refractivity contribution in [3.05, 3.63) is 44.4 Å². The Labute approximate surface area is 168 Å². The van der Waals surface area contributed by atoms with Gasteiger partial charge in [0.25, 0.3) is 5.69 Å². The van der Waals surface area contributed by atoms with Crippen molar-refractivity contribution in [2.24, 2.45) is 0 Å². The average Bonchev–Trinajstić information content (AvgIpc) is 3.34. The summed E-state index contributed by atoms with van der Waals surface area (Å²) in [5, 5.41) is 17.3. The Kier molecular flexibility index (Phi) is 6.01. The molecule has 1 saturated heterocycles. The fourth-order valence-electron chi connectivity index (χ4n) is 3.10. The summed E-state index contributed by atoms with van der Waals surface area (Å²) in [5.74, 6) is 0.316. The summed E-state index contributed by atoms with van der Waals surface area (Å²) >= 11 is 1.57. The van der Waals surface area contributed by atoms with Crippen LogP contribution < -0.4 is 5.32 Å². The number of non-ortho nitro benzene ring substituents is 1. The summed E-state index contributed by atoms with van der Waals surface area (Å²) in [6.07, 6.45) is 1.59. The molecule has 0 bridgehead atoms. The van der Waals surface area contributed by atoms with Gasteiger partial charge in [0.15, 0.2) is 0 Å². The Morgan fingerprint density at radius 3 is 2.50 bits per heavy atom. The van der Waals surface area contributed by atoms with Gasteiger partial charge < -0.3 is 5.32 Å². The summed E-state index contributed by atoms with van der Waals surface area (Å²) in [4.78, 5) is 15.2. The number of thiazole rings is 1. The zero-order chi connectivity index (χ0) is 20.5. The lowest BCUT2D eigenvalue weighted by atomic mass is 10.2. The molecule has 0 spiro atoms. The molecule has 1 unspecified atom stereocenters. The predicted octanol–water partition coefficient (Wildman–Crippen LogP) is 4.13. The van der Waals surface area contributed by atoms with Crippen LogP contribution in [0.2, 0.25) is 0 Å². The number of rotatable bonds is 7. The molecule has 1 aromatic heterocycles. The molecule has 0 aliphatic carbocycles. The molecule has 0 saturated carbocycles. The van der Waals surface area contributed by atoms with Crippen LogP contribution in [0.15, 0.2) is 28.5 Å². The minimum absolute atomic E-state index is 0.0604. The second-order valence-electron chi connectivity index (χ2n) is 7.18. The zero-order valence-corrected chi connectivity index (χ0v) is 17.7. The number of sulfonamides is 1. The number of nitrogens with one attached hydrogen (secondary N) is 1. The normalized spacial score (nSPS) is 16.4. The van der Waals surface area contributed by atoms with Gasteiger partial charge >= 0.3 is 0 Å². The van der Waals surface area contributed by atoms with Crippen LogP contribution in [0, 0.1) is 10.1 Å². The molecule has 0 radical (unpaired) electrons. The summed E-state index contributed by atoms with van der Waals surface area (Å²) in [5.41, 5.74) is 0.924. The van der Waals surface area contributed by atoms with Crippen molar-refractivity contribution in [3.8, 4) is 0 Å². The van der Waals surface area contributed by atoms with Gasteiger partial charge in [-0.05, 0) is 25.8 Å². The van der Waals surface area contributed by atoms with E-state index in [2.05, 4.69) is 24.1 Å². The molecule has 152 valence electrons. The van der Waals surface area contributed by atoms with Gasteiger partial charge in [-0.2, -0.15) is 4.31 Å². The maximum Gasteiger partial charge on any atom is 0.270 e. The van der Waals surface area contributed by atoms with E-state index in [9.17, 15) is 18.5 Å². The van der Waals surface area contributed by atoms with E-state index in [1.54, 1.807) is 11.3 Å². The smallest absolute Gasteiger partial charge is 0.270 e. The number of benzene rings is 1. The number of nitro benzene ring substituents is 1. The van der Waals surface area contributed by atoms with Gasteiger partial charge in [0.05, 0.1) is 27.4 Å². The lowest BCUT2D eigenvalue weighted by molar-refractivity contribution is -0.385. The molecule has 10 heteroatoms. The quantitative estimate of drug-likeness (QED) is 0.529. The first-order valence-electron chi connectivity index (χ1n) is 9.20. The van der Waals surface area contributed by atoms with E-state index in [0.29, 0.717) is 24.7 Å². The number of hydrogen-bond acceptors (Lipinski definition) is 7. The minimum Gasteiger partial charge on any atom is -0.376 e. The topological polar surface area (TPSA) is 105 Å². The van der Waals surface area contributed by atoms with Crippen LogP contribution >= 0.6 is 11.3 Å². The molecule has 1 aromatic carbocycles. The standard InChI is InChI=1S/C18H24N4O4S2/c1-12(2)18-20-16(11-27-18)13(3)19-15-7-6-14(22(23)24)10-17(15)28(25,26)21-8-4-5-9-21/h6-7,10-13,19H,4-5,8-9H2,1-3H3. The van der Waals surface area contributed by atoms with Gasteiger partial charge in [0.1, 0.15) is 4.90 Å². The number of anilines is 1. The average molecular weight is 425 g/mol. The molecule has 3 rings (SSSR count). The third kappa shape index (κ3) is 4.18. The van der Waals surface area contributed by atoms with Crippen molar-refractivity contribution in [2.75, 3.05) is 18.4 Å². The van der Waals surface area contributed by atoms with E-state index >= 15 is 0 Å². The first kappa shape index (κ1) is 20.7. The Hall–Kier alpha value is -2.04. The molecular weight excluding hydrogens is 400 g/mol. The van der Waals surface area contributed by atoms with Crippen molar-refractivity contribution in [3.63, 3.8) is 0 Å². The SMILES string of the molecule is CC(C)c1nc(C(C)Nc2ccc([N+](=O)[O-])cc2S(=O)(=O)N2CCCC2)cs1. The fraction of sp³-hybridized carbons (Fsp3) is 0.500. The van der Waals surface area contributed by atoms with E-state index < -0.39 is 14.9 Å². The molecule has 2 aromatic rings. The van der Waals surface area contributed by atoms with E-state index in [0.717, 1.165) is 29.6 Å². The Morgan fingerprint density at radius 2 is 1.93 bits per heavy atom. The van der Waals surface area contributed by atoms with Crippen LogP contribution in [0.3, 0.4) is 0 Å². The lowest BCUT2D eigenvalue weighted by Crippen LogP contribution is -2.28. The highest BCUT2D eigenvalue weighted by Gasteiger charge is 2.31. The second-order valence-corrected chi connectivity index (χ2v) is 9.98. The van der Waals surface area contributed by atoms with Crippen molar-refractivity contribution in [2.45, 2.75) is 50.5 Å². The van der Waals surface area contributed by atoms with E-state index in [4.69, 9.17) is 0 Å². The molecule has 0 amide bonds. The van der Waals surface area contributed by atoms with Gasteiger partial charge in [-0.1, -0.05) is 13.8 Å². The highest BCUT2D eigenvalue weighted by Crippen LogP contribution is 2.33. The van der Waals surface area contributed by atoms with Gasteiger partial charge in [0, 0.05) is 36.5 Å². The molecule has 2 heterocycles. The summed E-state index contributed by atoms with van der Waals surface area (Å²) < 4.78 is 27.6. The summed E-state index contributed by atoms with van der Waals surface area (Å²) in [6.45, 7) is 6.90. The molecule has 1 atom stereocenters. The maximum atomic E-state index is 13.1. The summed E-state index contributed by atoms with van der Waals surface area (Å²) in [6, 6.07) is 3.69. The molecular formula is C18H24N4O4S2. The van der Waals surface area contributed by atoms with Crippen LogP contribution in [0.4, 0.5) is 11.4 Å². The number of hydrogen-bond donors (Lipinski definition) is 1. The monoisotopic (exact) mass is 424 g/mol. The van der Waals surface area contributed by atoms with Gasteiger partial charge in [-0.15, -0.1) is 11.3 Å². The largest absolute Gasteiger partial charge is 0.376 e. The number of nitrogens with zero attached hydrogens (tertiary/aromatic N) is 3. The predicted molar refractivity (Wildman–Crippen MR) is 109 cm³/mol. The maximum absolute atomic E-state index is 13.1. The first-order valence-corrected chi connectivity index (χ1v) is 11.5. The number of nitro groups is 1. The Balaban J connectivity index is 1.96. The first-order chi connectivity index (χ1) is 13.2. The van der Waals surface area contributed by atoms with Crippen molar-refractivity contribution >= 4 is 32.7 Å². The van der Waals surface area contributed by atoms with Gasteiger partial charge in [-0.25, -0.2) is 13.4 Å². The van der Waals surface area contributed by atoms with Crippen LogP contribution in [-0.2, 0) is 10.0 Å². The van der Waals surface area contributed by atoms with Crippen LogP contribution in [0.25, 0.3) is 0 Å². The van der Waals surface area contributed by atoms with Gasteiger partial charge in [-0.3, -0.25) is 10.1 Å². The summed E-state index contributed by atoms with van der Waals surface area (Å²) in [7, 11) is -3.81. The second kappa shape index (κ2) is 8.14. The molecule has 1 N–H and O–H groups in total. The Morgan fingerprint density at radius 1 is 1.25 bits per heavy atom. The minimum atomic E-state index is -3.81. The van der Waals surface area contributed by atoms with Crippen molar-refractivity contribution in [1.29, 1.82) is 0 Å². The van der Waals surface area contributed by atoms with E-state index in [1.807, 2.05) is 12.3 Å². The van der Waals surface area contributed by atoms with Gasteiger partial charge in [0.2, 0.25) is 10.0 Å². The number of aromatic nitrogens is 1. The molecule has 8 nitrogen and oxygen atoms in total. The molecule has 1 aliphatic rings. The zero-order valence-electron chi connectivity index (χ0n) is 16.1. The van der Waals surface area contributed by atoms with Crippen LogP contribution in [0.1, 0.15) is 56.3 Å². The molecule has 1 fully saturated rings.